The van der Waals surface area contributed by atoms with Gasteiger partial charge in [-0.25, -0.2) is 0 Å². The van der Waals surface area contributed by atoms with E-state index in [1.807, 2.05) is 18.7 Å². The van der Waals surface area contributed by atoms with Gasteiger partial charge in [-0.15, -0.1) is 0 Å². The Morgan fingerprint density at radius 1 is 1.29 bits per heavy atom. The second kappa shape index (κ2) is 10.9. The zero-order valence-electron chi connectivity index (χ0n) is 9.27. The summed E-state index contributed by atoms with van der Waals surface area (Å²) in [5, 5.41) is 6.03. The fraction of sp³-hybridized carbons (Fsp3) is 0.900. The molecule has 0 saturated carbocycles. The molecule has 0 aliphatic carbocycles. The third kappa shape index (κ3) is 9.86. The fourth-order valence-corrected chi connectivity index (χ4v) is 1.69. The van der Waals surface area contributed by atoms with Gasteiger partial charge in [0.1, 0.15) is 0 Å². The van der Waals surface area contributed by atoms with E-state index in [0.717, 1.165) is 19.6 Å². The minimum Gasteiger partial charge on any atom is -0.356 e. The summed E-state index contributed by atoms with van der Waals surface area (Å²) in [6.45, 7) is 6.65. The van der Waals surface area contributed by atoms with Crippen molar-refractivity contribution in [3.63, 3.8) is 0 Å². The Balaban J connectivity index is 3.01. The van der Waals surface area contributed by atoms with Crippen LogP contribution in [0.25, 0.3) is 0 Å². The van der Waals surface area contributed by atoms with Crippen LogP contribution in [0.5, 0.6) is 0 Å². The summed E-state index contributed by atoms with van der Waals surface area (Å²) in [7, 11) is 0. The van der Waals surface area contributed by atoms with Crippen LogP contribution in [0.3, 0.4) is 0 Å². The molecule has 0 aliphatic rings. The lowest BCUT2D eigenvalue weighted by molar-refractivity contribution is -0.120. The van der Waals surface area contributed by atoms with Crippen molar-refractivity contribution in [2.24, 2.45) is 0 Å². The van der Waals surface area contributed by atoms with Crippen molar-refractivity contribution in [3.8, 4) is 0 Å². The molecule has 0 aromatic heterocycles. The van der Waals surface area contributed by atoms with Crippen molar-refractivity contribution < 1.29 is 4.79 Å². The van der Waals surface area contributed by atoms with Gasteiger partial charge in [0.2, 0.25) is 5.91 Å². The van der Waals surface area contributed by atoms with Crippen LogP contribution in [-0.2, 0) is 4.79 Å². The van der Waals surface area contributed by atoms with E-state index in [0.29, 0.717) is 6.42 Å². The van der Waals surface area contributed by atoms with Gasteiger partial charge in [0.25, 0.3) is 0 Å². The number of rotatable bonds is 9. The van der Waals surface area contributed by atoms with Crippen molar-refractivity contribution >= 4 is 17.7 Å². The highest BCUT2D eigenvalue weighted by Gasteiger charge is 1.97. The topological polar surface area (TPSA) is 41.1 Å². The maximum Gasteiger partial charge on any atom is 0.221 e. The predicted octanol–water partition coefficient (Wildman–Crippen LogP) is 1.25. The maximum atomic E-state index is 11.0. The number of hydrogen-bond acceptors (Lipinski definition) is 3. The van der Waals surface area contributed by atoms with Gasteiger partial charge in [0, 0.05) is 19.5 Å². The summed E-state index contributed by atoms with van der Waals surface area (Å²) in [4.78, 5) is 11.0. The van der Waals surface area contributed by atoms with Crippen molar-refractivity contribution in [3.05, 3.63) is 0 Å². The average Bonchev–Trinajstić information content (AvgIpc) is 2.17. The normalized spacial score (nSPS) is 10.1. The van der Waals surface area contributed by atoms with E-state index in [1.165, 1.54) is 17.9 Å². The van der Waals surface area contributed by atoms with Gasteiger partial charge in [-0.05, 0) is 31.4 Å². The van der Waals surface area contributed by atoms with Crippen molar-refractivity contribution in [2.45, 2.75) is 26.7 Å². The average molecular weight is 218 g/mol. The first-order valence-corrected chi connectivity index (χ1v) is 6.51. The first-order chi connectivity index (χ1) is 6.81. The molecule has 0 radical (unpaired) electrons. The summed E-state index contributed by atoms with van der Waals surface area (Å²) in [5.41, 5.74) is 0. The van der Waals surface area contributed by atoms with Gasteiger partial charge in [-0.3, -0.25) is 4.79 Å². The molecule has 1 amide bonds. The second-order valence-electron chi connectivity index (χ2n) is 3.00. The van der Waals surface area contributed by atoms with Gasteiger partial charge in [-0.2, -0.15) is 11.8 Å². The van der Waals surface area contributed by atoms with E-state index in [2.05, 4.69) is 17.6 Å². The minimum atomic E-state index is 0.142. The van der Waals surface area contributed by atoms with Crippen LogP contribution in [0.15, 0.2) is 0 Å². The fourth-order valence-electron chi connectivity index (χ4n) is 1.06. The third-order valence-corrected chi connectivity index (χ3v) is 2.73. The van der Waals surface area contributed by atoms with Gasteiger partial charge < -0.3 is 10.6 Å². The largest absolute Gasteiger partial charge is 0.356 e. The van der Waals surface area contributed by atoms with Gasteiger partial charge >= 0.3 is 0 Å². The molecule has 0 unspecified atom stereocenters. The van der Waals surface area contributed by atoms with E-state index in [9.17, 15) is 4.79 Å². The van der Waals surface area contributed by atoms with Crippen molar-refractivity contribution in [1.82, 2.24) is 10.6 Å². The number of thioether (sulfide) groups is 1. The Hall–Kier alpha value is -0.220. The monoisotopic (exact) mass is 218 g/mol. The standard InChI is InChI=1S/C10H22N2OS/c1-3-12-10(13)6-8-11-7-5-9-14-4-2/h11H,3-9H2,1-2H3,(H,12,13). The van der Waals surface area contributed by atoms with Gasteiger partial charge in [-0.1, -0.05) is 6.92 Å². The van der Waals surface area contributed by atoms with Crippen LogP contribution < -0.4 is 10.6 Å². The zero-order chi connectivity index (χ0) is 10.6. The molecule has 0 saturated heterocycles. The lowest BCUT2D eigenvalue weighted by atomic mass is 10.4. The zero-order valence-corrected chi connectivity index (χ0v) is 10.1. The molecule has 3 nitrogen and oxygen atoms in total. The molecule has 0 spiro atoms. The number of carbonyl (C=O) groups excluding carboxylic acids is 1. The van der Waals surface area contributed by atoms with Crippen LogP contribution in [0.1, 0.15) is 26.7 Å². The smallest absolute Gasteiger partial charge is 0.221 e. The molecule has 0 heterocycles. The maximum absolute atomic E-state index is 11.0. The van der Waals surface area contributed by atoms with E-state index in [-0.39, 0.29) is 5.91 Å². The van der Waals surface area contributed by atoms with Crippen LogP contribution in [0.2, 0.25) is 0 Å². The summed E-state index contributed by atoms with van der Waals surface area (Å²) < 4.78 is 0. The molecule has 2 N–H and O–H groups in total. The summed E-state index contributed by atoms with van der Waals surface area (Å²) >= 11 is 1.96. The molecular formula is C10H22N2OS. The van der Waals surface area contributed by atoms with Crippen molar-refractivity contribution in [2.75, 3.05) is 31.1 Å². The van der Waals surface area contributed by atoms with E-state index < -0.39 is 0 Å². The number of nitrogens with one attached hydrogen (secondary N) is 2. The molecule has 0 atom stereocenters. The molecule has 0 fully saturated rings. The number of amides is 1. The molecule has 84 valence electrons. The first-order valence-electron chi connectivity index (χ1n) is 5.36. The first kappa shape index (κ1) is 13.8. The SMILES string of the molecule is CCNC(=O)CCNCCCSCC. The quantitative estimate of drug-likeness (QED) is 0.572. The Bertz CT molecular complexity index is 142. The highest BCUT2D eigenvalue weighted by molar-refractivity contribution is 7.99. The lowest BCUT2D eigenvalue weighted by Gasteiger charge is -2.04. The minimum absolute atomic E-state index is 0.142. The Morgan fingerprint density at radius 3 is 2.71 bits per heavy atom. The molecule has 4 heteroatoms. The highest BCUT2D eigenvalue weighted by Crippen LogP contribution is 1.99. The van der Waals surface area contributed by atoms with E-state index in [1.54, 1.807) is 0 Å². The molecule has 0 aliphatic heterocycles. The van der Waals surface area contributed by atoms with Gasteiger partial charge in [0.15, 0.2) is 0 Å². The van der Waals surface area contributed by atoms with Gasteiger partial charge in [0.05, 0.1) is 0 Å². The molecule has 0 aromatic carbocycles. The van der Waals surface area contributed by atoms with E-state index >= 15 is 0 Å². The molecular weight excluding hydrogens is 196 g/mol. The molecule has 0 aromatic rings. The number of carbonyl (C=O) groups is 1. The molecule has 0 rings (SSSR count). The van der Waals surface area contributed by atoms with E-state index in [4.69, 9.17) is 0 Å². The summed E-state index contributed by atoms with van der Waals surface area (Å²) in [6, 6.07) is 0. The third-order valence-electron chi connectivity index (χ3n) is 1.75. The summed E-state index contributed by atoms with van der Waals surface area (Å²) in [6.07, 6.45) is 1.78. The predicted molar refractivity (Wildman–Crippen MR) is 63.8 cm³/mol. The Morgan fingerprint density at radius 2 is 2.07 bits per heavy atom. The second-order valence-corrected chi connectivity index (χ2v) is 4.40. The van der Waals surface area contributed by atoms with Crippen LogP contribution in [0.4, 0.5) is 0 Å². The number of hydrogen-bond donors (Lipinski definition) is 2. The Kier molecular flexibility index (Phi) is 10.7. The van der Waals surface area contributed by atoms with Crippen LogP contribution in [-0.4, -0.2) is 37.0 Å². The molecule has 14 heavy (non-hydrogen) atoms. The Labute approximate surface area is 91.4 Å². The molecule has 0 bridgehead atoms. The van der Waals surface area contributed by atoms with Crippen LogP contribution in [0, 0.1) is 0 Å². The lowest BCUT2D eigenvalue weighted by Crippen LogP contribution is -2.27. The highest BCUT2D eigenvalue weighted by atomic mass is 32.2. The summed E-state index contributed by atoms with van der Waals surface area (Å²) in [5.74, 6) is 2.55. The van der Waals surface area contributed by atoms with Crippen LogP contribution >= 0.6 is 11.8 Å². The van der Waals surface area contributed by atoms with Crippen molar-refractivity contribution in [1.29, 1.82) is 0 Å².